The van der Waals surface area contributed by atoms with E-state index in [0.29, 0.717) is 19.3 Å². The van der Waals surface area contributed by atoms with Gasteiger partial charge in [0, 0.05) is 19.3 Å². The van der Waals surface area contributed by atoms with Crippen molar-refractivity contribution in [3.8, 4) is 0 Å². The second-order valence-corrected chi connectivity index (χ2v) is 18.8. The molecule has 0 N–H and O–H groups in total. The third-order valence-corrected chi connectivity index (χ3v) is 12.3. The number of hydrogen-bond acceptors (Lipinski definition) is 6. The lowest BCUT2D eigenvalue weighted by Gasteiger charge is -2.18. The van der Waals surface area contributed by atoms with Crippen LogP contribution < -0.4 is 0 Å². The van der Waals surface area contributed by atoms with Gasteiger partial charge in [0.05, 0.1) is 0 Å². The minimum absolute atomic E-state index is 0.0770. The SMILES string of the molecule is CCCCCCC/C=C\C/C=C\C/C=C\CCCCCCCCCCC(=O)OCC(COC(=O)CCCCCCCCCC)OC(=O)CCCCCCC/C=C\CCCCCCCCC. The number of unbranched alkanes of at least 4 members (excludes halogenated alkanes) is 32. The fourth-order valence-electron chi connectivity index (χ4n) is 8.03. The highest BCUT2D eigenvalue weighted by atomic mass is 16.6. The van der Waals surface area contributed by atoms with E-state index < -0.39 is 6.10 Å². The Balaban J connectivity index is 4.24. The molecule has 0 bridgehead atoms. The molecule has 378 valence electrons. The first-order chi connectivity index (χ1) is 32.0. The minimum Gasteiger partial charge on any atom is -0.462 e. The van der Waals surface area contributed by atoms with Crippen LogP contribution in [0.5, 0.6) is 0 Å². The Morgan fingerprint density at radius 3 is 0.877 bits per heavy atom. The molecule has 6 nitrogen and oxygen atoms in total. The van der Waals surface area contributed by atoms with Crippen molar-refractivity contribution >= 4 is 17.9 Å². The molecule has 0 heterocycles. The van der Waals surface area contributed by atoms with Gasteiger partial charge in [0.25, 0.3) is 0 Å². The summed E-state index contributed by atoms with van der Waals surface area (Å²) >= 11 is 0. The van der Waals surface area contributed by atoms with Gasteiger partial charge in [-0.2, -0.15) is 0 Å². The van der Waals surface area contributed by atoms with E-state index in [1.807, 2.05) is 0 Å². The normalized spacial score (nSPS) is 12.4. The van der Waals surface area contributed by atoms with Crippen molar-refractivity contribution in [2.24, 2.45) is 0 Å². The van der Waals surface area contributed by atoms with Crippen molar-refractivity contribution in [2.75, 3.05) is 13.2 Å². The molecule has 1 atom stereocenters. The molecule has 0 aromatic heterocycles. The van der Waals surface area contributed by atoms with Gasteiger partial charge in [-0.25, -0.2) is 0 Å². The van der Waals surface area contributed by atoms with Gasteiger partial charge in [-0.3, -0.25) is 14.4 Å². The van der Waals surface area contributed by atoms with Crippen LogP contribution >= 0.6 is 0 Å². The van der Waals surface area contributed by atoms with Crippen LogP contribution in [0.4, 0.5) is 0 Å². The second kappa shape index (κ2) is 54.0. The Morgan fingerprint density at radius 1 is 0.308 bits per heavy atom. The summed E-state index contributed by atoms with van der Waals surface area (Å²) in [6, 6.07) is 0. The summed E-state index contributed by atoms with van der Waals surface area (Å²) < 4.78 is 16.8. The van der Waals surface area contributed by atoms with Crippen molar-refractivity contribution in [3.05, 3.63) is 48.6 Å². The van der Waals surface area contributed by atoms with Crippen molar-refractivity contribution in [1.82, 2.24) is 0 Å². The zero-order chi connectivity index (χ0) is 47.2. The maximum Gasteiger partial charge on any atom is 0.306 e. The molecule has 0 aromatic rings. The highest BCUT2D eigenvalue weighted by Crippen LogP contribution is 2.15. The average Bonchev–Trinajstić information content (AvgIpc) is 3.30. The van der Waals surface area contributed by atoms with Crippen LogP contribution in [-0.2, 0) is 28.6 Å². The Labute approximate surface area is 403 Å². The number of hydrogen-bond donors (Lipinski definition) is 0. The maximum atomic E-state index is 12.8. The van der Waals surface area contributed by atoms with Crippen molar-refractivity contribution in [3.63, 3.8) is 0 Å². The molecule has 0 aliphatic rings. The van der Waals surface area contributed by atoms with Crippen LogP contribution in [0, 0.1) is 0 Å². The molecule has 0 aliphatic carbocycles. The number of ether oxygens (including phenoxy) is 3. The third kappa shape index (κ3) is 52.2. The van der Waals surface area contributed by atoms with Crippen molar-refractivity contribution < 1.29 is 28.6 Å². The zero-order valence-electron chi connectivity index (χ0n) is 43.3. The summed E-state index contributed by atoms with van der Waals surface area (Å²) in [7, 11) is 0. The predicted octanol–water partition coefficient (Wildman–Crippen LogP) is 18.7. The highest BCUT2D eigenvalue weighted by molar-refractivity contribution is 5.71. The number of esters is 3. The number of carbonyl (C=O) groups is 3. The zero-order valence-corrected chi connectivity index (χ0v) is 43.3. The van der Waals surface area contributed by atoms with E-state index in [2.05, 4.69) is 69.4 Å². The smallest absolute Gasteiger partial charge is 0.306 e. The van der Waals surface area contributed by atoms with E-state index in [0.717, 1.165) is 83.5 Å². The van der Waals surface area contributed by atoms with Gasteiger partial charge in [0.15, 0.2) is 6.10 Å². The summed E-state index contributed by atoms with van der Waals surface area (Å²) in [5.74, 6) is -0.887. The molecule has 0 saturated carbocycles. The molecule has 0 fully saturated rings. The molecule has 0 spiro atoms. The van der Waals surface area contributed by atoms with Crippen molar-refractivity contribution in [1.29, 1.82) is 0 Å². The van der Waals surface area contributed by atoms with E-state index in [1.165, 1.54) is 167 Å². The van der Waals surface area contributed by atoms with Crippen LogP contribution in [0.3, 0.4) is 0 Å². The number of allylic oxidation sites excluding steroid dienone is 8. The van der Waals surface area contributed by atoms with E-state index in [-0.39, 0.29) is 31.1 Å². The number of rotatable bonds is 51. The molecule has 0 aromatic carbocycles. The minimum atomic E-state index is -0.777. The lowest BCUT2D eigenvalue weighted by molar-refractivity contribution is -0.167. The van der Waals surface area contributed by atoms with Gasteiger partial charge in [-0.05, 0) is 83.5 Å². The molecule has 0 rings (SSSR count). The van der Waals surface area contributed by atoms with Crippen LogP contribution in [0.15, 0.2) is 48.6 Å². The first kappa shape index (κ1) is 62.4. The lowest BCUT2D eigenvalue weighted by atomic mass is 10.1. The molecule has 65 heavy (non-hydrogen) atoms. The van der Waals surface area contributed by atoms with Crippen LogP contribution in [-0.4, -0.2) is 37.2 Å². The molecular weight excluding hydrogens is 805 g/mol. The Hall–Kier alpha value is -2.63. The average molecular weight is 911 g/mol. The summed E-state index contributed by atoms with van der Waals surface area (Å²) in [6.45, 7) is 6.60. The molecule has 0 aliphatic heterocycles. The first-order valence-corrected chi connectivity index (χ1v) is 28.1. The van der Waals surface area contributed by atoms with Crippen LogP contribution in [0.25, 0.3) is 0 Å². The quantitative estimate of drug-likeness (QED) is 0.0262. The Kier molecular flexibility index (Phi) is 51.8. The molecule has 0 amide bonds. The van der Waals surface area contributed by atoms with Crippen LogP contribution in [0.1, 0.15) is 290 Å². The van der Waals surface area contributed by atoms with Gasteiger partial charge in [-0.15, -0.1) is 0 Å². The van der Waals surface area contributed by atoms with Gasteiger partial charge < -0.3 is 14.2 Å². The lowest BCUT2D eigenvalue weighted by Crippen LogP contribution is -2.30. The largest absolute Gasteiger partial charge is 0.462 e. The van der Waals surface area contributed by atoms with Gasteiger partial charge in [0.2, 0.25) is 0 Å². The van der Waals surface area contributed by atoms with E-state index in [4.69, 9.17) is 14.2 Å². The fourth-order valence-corrected chi connectivity index (χ4v) is 8.03. The molecule has 6 heteroatoms. The van der Waals surface area contributed by atoms with Gasteiger partial charge >= 0.3 is 17.9 Å². The second-order valence-electron chi connectivity index (χ2n) is 18.8. The Bertz CT molecular complexity index is 1140. The van der Waals surface area contributed by atoms with Crippen LogP contribution in [0.2, 0.25) is 0 Å². The maximum absolute atomic E-state index is 12.8. The topological polar surface area (TPSA) is 78.9 Å². The summed E-state index contributed by atoms with van der Waals surface area (Å²) in [4.78, 5) is 37.9. The predicted molar refractivity (Wildman–Crippen MR) is 279 cm³/mol. The van der Waals surface area contributed by atoms with Gasteiger partial charge in [0.1, 0.15) is 13.2 Å². The molecule has 1 unspecified atom stereocenters. The van der Waals surface area contributed by atoms with E-state index in [1.54, 1.807) is 0 Å². The third-order valence-electron chi connectivity index (χ3n) is 12.3. The first-order valence-electron chi connectivity index (χ1n) is 28.1. The molecule has 0 saturated heterocycles. The molecule has 0 radical (unpaired) electrons. The standard InChI is InChI=1S/C59H106O6/c1-4-7-10-13-16-19-21-23-25-27-28-29-30-31-32-33-35-36-38-40-43-46-49-52-58(61)64-55-56(54-63-57(60)51-48-45-42-18-15-12-9-6-3)65-59(62)53-50-47-44-41-39-37-34-26-24-22-20-17-14-11-8-5-2/h21,23,26-28,30-31,34,56H,4-20,22,24-25,29,32-33,35-55H2,1-3H3/b23-21-,28-27-,31-30-,34-26-. The van der Waals surface area contributed by atoms with Gasteiger partial charge in [-0.1, -0.05) is 236 Å². The monoisotopic (exact) mass is 911 g/mol. The summed E-state index contributed by atoms with van der Waals surface area (Å²) in [5.41, 5.74) is 0. The van der Waals surface area contributed by atoms with E-state index >= 15 is 0 Å². The Morgan fingerprint density at radius 2 is 0.554 bits per heavy atom. The number of carbonyl (C=O) groups excluding carboxylic acids is 3. The summed E-state index contributed by atoms with van der Waals surface area (Å²) in [5, 5.41) is 0. The highest BCUT2D eigenvalue weighted by Gasteiger charge is 2.19. The van der Waals surface area contributed by atoms with E-state index in [9.17, 15) is 14.4 Å². The fraction of sp³-hybridized carbons (Fsp3) is 0.814. The molecular formula is C59H106O6. The summed E-state index contributed by atoms with van der Waals surface area (Å²) in [6.07, 6.45) is 65.4. The van der Waals surface area contributed by atoms with Crippen molar-refractivity contribution in [2.45, 2.75) is 297 Å².